The van der Waals surface area contributed by atoms with E-state index < -0.39 is 42.2 Å². The topological polar surface area (TPSA) is 6.48 Å². The molecule has 2 heterocycles. The van der Waals surface area contributed by atoms with Gasteiger partial charge in [-0.25, -0.2) is 0 Å². The van der Waals surface area contributed by atoms with E-state index in [9.17, 15) is 5.48 Å². The van der Waals surface area contributed by atoms with E-state index in [-0.39, 0.29) is 51.5 Å². The van der Waals surface area contributed by atoms with Gasteiger partial charge in [0.25, 0.3) is 0 Å². The Hall–Kier alpha value is -10.5. The second-order valence-corrected chi connectivity index (χ2v) is 27.3. The first-order valence-corrected chi connectivity index (χ1v) is 31.9. The van der Waals surface area contributed by atoms with E-state index in [0.29, 0.717) is 16.8 Å². The van der Waals surface area contributed by atoms with Gasteiger partial charge in [0.15, 0.2) is 0 Å². The van der Waals surface area contributed by atoms with Crippen molar-refractivity contribution in [2.45, 2.75) is 77.6 Å². The molecule has 92 heavy (non-hydrogen) atoms. The monoisotopic (exact) mass is 1190 g/mol. The Labute approximate surface area is 557 Å². The lowest BCUT2D eigenvalue weighted by Crippen LogP contribution is -2.30. The van der Waals surface area contributed by atoms with Gasteiger partial charge in [0.2, 0.25) is 0 Å². The Balaban J connectivity index is 1.16. The summed E-state index contributed by atoms with van der Waals surface area (Å²) < 4.78 is 92.4. The van der Waals surface area contributed by atoms with Crippen LogP contribution < -0.4 is 9.80 Å². The van der Waals surface area contributed by atoms with Crippen molar-refractivity contribution in [1.82, 2.24) is 0 Å². The molecule has 0 spiro atoms. The van der Waals surface area contributed by atoms with Gasteiger partial charge in [-0.05, 0) is 166 Å². The van der Waals surface area contributed by atoms with Crippen molar-refractivity contribution in [2.75, 3.05) is 9.80 Å². The Morgan fingerprint density at radius 3 is 1.20 bits per heavy atom. The van der Waals surface area contributed by atoms with Crippen molar-refractivity contribution in [2.24, 2.45) is 0 Å². The van der Waals surface area contributed by atoms with Gasteiger partial charge in [0.05, 0.1) is 47.8 Å². The maximum absolute atomic E-state index is 9.63. The summed E-state index contributed by atoms with van der Waals surface area (Å²) in [6.45, 7) is 18.1. The normalized spacial score (nSPS) is 15.8. The van der Waals surface area contributed by atoms with E-state index in [1.807, 2.05) is 48.5 Å². The van der Waals surface area contributed by atoms with Crippen LogP contribution in [0, 0.1) is 0 Å². The predicted molar refractivity (Wildman–Crippen MR) is 390 cm³/mol. The van der Waals surface area contributed by atoms with Gasteiger partial charge in [-0.15, -0.1) is 0 Å². The Morgan fingerprint density at radius 1 is 0.315 bits per heavy atom. The summed E-state index contributed by atoms with van der Waals surface area (Å²) in [5.74, 6) is -0.690. The summed E-state index contributed by atoms with van der Waals surface area (Å²) >= 11 is 0. The van der Waals surface area contributed by atoms with Crippen molar-refractivity contribution in [3.8, 4) is 89.0 Å². The molecular formula is C90H74N2. The average molecular weight is 1190 g/mol. The van der Waals surface area contributed by atoms with Crippen LogP contribution in [0.1, 0.15) is 114 Å². The van der Waals surface area contributed by atoms with Crippen LogP contribution in [0.4, 0.5) is 34.1 Å². The number of benzene rings is 13. The minimum atomic E-state index is -0.690. The number of hydrogen-bond acceptors (Lipinski definition) is 2. The molecule has 0 aromatic heterocycles. The lowest BCUT2D eigenvalue weighted by molar-refractivity contribution is 0.590. The number of nitrogens with zero attached hydrogens (tertiary/aromatic N) is 2. The molecule has 13 aromatic carbocycles. The van der Waals surface area contributed by atoms with Crippen LogP contribution in [0.25, 0.3) is 89.0 Å². The molecule has 0 saturated heterocycles. The first-order chi connectivity index (χ1) is 48.8. The van der Waals surface area contributed by atoms with Gasteiger partial charge >= 0.3 is 0 Å². The summed E-state index contributed by atoms with van der Waals surface area (Å²) in [5, 5.41) is 0. The Bertz CT molecular complexity index is 5460. The van der Waals surface area contributed by atoms with E-state index >= 15 is 0 Å². The molecule has 3 aliphatic rings. The number of hydrogen-bond donors (Lipinski definition) is 0. The van der Waals surface area contributed by atoms with Crippen LogP contribution in [0.3, 0.4) is 0 Å². The van der Waals surface area contributed by atoms with E-state index in [4.69, 9.17) is 8.22 Å². The van der Waals surface area contributed by atoms with E-state index in [1.165, 1.54) is 11.1 Å². The summed E-state index contributed by atoms with van der Waals surface area (Å²) in [6, 6.07) is 79.5. The second-order valence-electron chi connectivity index (χ2n) is 27.3. The fourth-order valence-corrected chi connectivity index (χ4v) is 14.7. The van der Waals surface area contributed by atoms with Gasteiger partial charge in [0.1, 0.15) is 0 Å². The molecule has 1 unspecified atom stereocenters. The summed E-state index contributed by atoms with van der Waals surface area (Å²) in [7, 11) is 0. The molecule has 0 radical (unpaired) electrons. The third-order valence-corrected chi connectivity index (χ3v) is 19.3. The quantitative estimate of drug-likeness (QED) is 0.142. The molecule has 0 amide bonds. The Morgan fingerprint density at radius 2 is 0.717 bits per heavy atom. The molecule has 1 aliphatic carbocycles. The highest BCUT2D eigenvalue weighted by Crippen LogP contribution is 2.66. The van der Waals surface area contributed by atoms with Crippen LogP contribution in [-0.4, -0.2) is 0 Å². The van der Waals surface area contributed by atoms with Crippen molar-refractivity contribution in [3.63, 3.8) is 0 Å². The SMILES string of the molecule is [2H]c1c([2H])c([2H])c(-c2ccc3c(c2)C2c4ccc(-c5c([2H])c([2H])c([2H])c([2H])c5[2H])cc4N(c4c(-c5ccccc5)cc(C(C)(C)C)cc4-c4ccccc4)c4cc(-c5cccc6c5-c5ccccc5C6(C)C)cc(c42)N3c2c(-c3ccccc3)cc(C(C)(C)C)cc2-c2ccccc2)c([2H])c1[2H]. The van der Waals surface area contributed by atoms with E-state index in [0.717, 1.165) is 123 Å². The Kier molecular flexibility index (Phi) is 11.1. The second kappa shape index (κ2) is 21.9. The third-order valence-electron chi connectivity index (χ3n) is 19.3. The summed E-state index contributed by atoms with van der Waals surface area (Å²) in [5.41, 5.74) is 23.9. The molecule has 0 fully saturated rings. The zero-order valence-electron chi connectivity index (χ0n) is 63.0. The van der Waals surface area contributed by atoms with Crippen molar-refractivity contribution < 1.29 is 13.7 Å². The van der Waals surface area contributed by atoms with Gasteiger partial charge in [0, 0.05) is 39.2 Å². The van der Waals surface area contributed by atoms with E-state index in [1.54, 1.807) is 0 Å². The molecule has 0 bridgehead atoms. The minimum Gasteiger partial charge on any atom is -0.309 e. The summed E-state index contributed by atoms with van der Waals surface area (Å²) in [4.78, 5) is 4.84. The number of anilines is 6. The summed E-state index contributed by atoms with van der Waals surface area (Å²) in [6.07, 6.45) is 0. The lowest BCUT2D eigenvalue weighted by atomic mass is 9.73. The molecular weight excluding hydrogens is 1110 g/mol. The van der Waals surface area contributed by atoms with Crippen LogP contribution in [0.5, 0.6) is 0 Å². The zero-order valence-corrected chi connectivity index (χ0v) is 53.0. The van der Waals surface area contributed by atoms with Crippen molar-refractivity contribution >= 4 is 34.1 Å². The first kappa shape index (κ1) is 46.5. The highest BCUT2D eigenvalue weighted by molar-refractivity contribution is 6.09. The third kappa shape index (κ3) is 9.37. The van der Waals surface area contributed by atoms with Gasteiger partial charge in [-0.2, -0.15) is 0 Å². The molecule has 2 nitrogen and oxygen atoms in total. The van der Waals surface area contributed by atoms with Gasteiger partial charge in [-0.3, -0.25) is 0 Å². The predicted octanol–water partition coefficient (Wildman–Crippen LogP) is 25.0. The standard InChI is InChI=1S/C90H74N2/c1-88(2,3)67-54-72(60-34-19-11-20-35-60)86(73(55-67)61-36-21-12-22-37-61)91-79-49-47-64(58-30-15-9-16-31-58)50-76(79)84-71-48-46-65(59-32-17-10-18-33-59)51-80(71)92(87-74(62-38-23-13-24-39-62)56-68(89(4,5)6)57-75(87)63-40-25-14-26-41-63)82-53-66(52-81(91)85(82)84)69-43-29-45-78-83(69)70-42-27-28-44-77(70)90(78,7)8/h9-57,84H,1-8H3/i9D,10D,15D,16D,17D,18D,30D,31D,32D,33D. The van der Waals surface area contributed by atoms with Gasteiger partial charge < -0.3 is 9.80 Å². The molecule has 0 saturated carbocycles. The first-order valence-electron chi connectivity index (χ1n) is 36.9. The molecule has 13 aromatic rings. The average Bonchev–Trinajstić information content (AvgIpc) is 0.697. The lowest BCUT2D eigenvalue weighted by Gasteiger charge is -2.47. The highest BCUT2D eigenvalue weighted by atomic mass is 15.2. The van der Waals surface area contributed by atoms with Crippen LogP contribution in [0.15, 0.2) is 297 Å². The fourth-order valence-electron chi connectivity index (χ4n) is 14.7. The molecule has 16 rings (SSSR count). The van der Waals surface area contributed by atoms with Gasteiger partial charge in [-0.1, -0.05) is 298 Å². The van der Waals surface area contributed by atoms with Crippen LogP contribution >= 0.6 is 0 Å². The maximum atomic E-state index is 9.63. The van der Waals surface area contributed by atoms with Crippen molar-refractivity contribution in [1.29, 1.82) is 0 Å². The van der Waals surface area contributed by atoms with Crippen LogP contribution in [0.2, 0.25) is 0 Å². The van der Waals surface area contributed by atoms with Crippen molar-refractivity contribution in [3.05, 3.63) is 336 Å². The molecule has 1 atom stereocenters. The van der Waals surface area contributed by atoms with E-state index in [2.05, 4.69) is 253 Å². The molecule has 444 valence electrons. The molecule has 2 heteroatoms. The minimum absolute atomic E-state index is 0.0547. The molecule has 0 N–H and O–H groups in total. The number of fused-ring (bicyclic) bond motifs is 7. The number of rotatable bonds is 9. The zero-order chi connectivity index (χ0) is 71.3. The fraction of sp³-hybridized carbons (Fsp3) is 0.133. The maximum Gasteiger partial charge on any atom is 0.0629 e. The molecule has 2 aliphatic heterocycles. The largest absolute Gasteiger partial charge is 0.309 e. The highest BCUT2D eigenvalue weighted by Gasteiger charge is 2.45. The smallest absolute Gasteiger partial charge is 0.0629 e. The van der Waals surface area contributed by atoms with Crippen LogP contribution in [-0.2, 0) is 16.2 Å².